The number of rotatable bonds is 8. The van der Waals surface area contributed by atoms with Gasteiger partial charge in [-0.2, -0.15) is 0 Å². The summed E-state index contributed by atoms with van der Waals surface area (Å²) in [7, 11) is 4.12. The molecule has 0 atom stereocenters. The van der Waals surface area contributed by atoms with Crippen molar-refractivity contribution in [3.05, 3.63) is 48.0 Å². The first-order chi connectivity index (χ1) is 10.2. The smallest absolute Gasteiger partial charge is 0.122 e. The van der Waals surface area contributed by atoms with Crippen LogP contribution in [0.5, 0.6) is 5.75 Å². The molecule has 0 fully saturated rings. The lowest BCUT2D eigenvalue weighted by atomic mass is 10.2. The fourth-order valence-corrected chi connectivity index (χ4v) is 2.16. The Hall–Kier alpha value is -1.85. The Balaban J connectivity index is 1.68. The Kier molecular flexibility index (Phi) is 5.78. The molecule has 0 saturated heterocycles. The molecule has 0 amide bonds. The Bertz CT molecular complexity index is 553. The van der Waals surface area contributed by atoms with Crippen LogP contribution >= 0.6 is 0 Å². The normalized spacial score (nSPS) is 11.0. The predicted molar refractivity (Wildman–Crippen MR) is 84.0 cm³/mol. The van der Waals surface area contributed by atoms with E-state index < -0.39 is 0 Å². The Labute approximate surface area is 126 Å². The number of hydrogen-bond donors (Lipinski definition) is 1. The molecule has 0 saturated carbocycles. The molecule has 0 aliphatic rings. The van der Waals surface area contributed by atoms with E-state index in [1.54, 1.807) is 0 Å². The van der Waals surface area contributed by atoms with E-state index in [1.807, 2.05) is 48.3 Å². The number of nitrogens with two attached hydrogens (primary N) is 1. The molecule has 0 aliphatic heterocycles. The first kappa shape index (κ1) is 15.5. The van der Waals surface area contributed by atoms with Crippen LogP contribution < -0.4 is 10.5 Å². The highest BCUT2D eigenvalue weighted by atomic mass is 16.5. The predicted octanol–water partition coefficient (Wildman–Crippen LogP) is 1.78. The standard InChI is InChI=1S/C16H24N4O/c1-19(13-16-18-7-9-20(16)2)8-4-10-21-15-6-3-5-14(11-15)12-17/h3,5-7,9,11H,4,8,10,12-13,17H2,1-2H3. The van der Waals surface area contributed by atoms with Gasteiger partial charge in [0.05, 0.1) is 13.2 Å². The van der Waals surface area contributed by atoms with Crippen molar-refractivity contribution < 1.29 is 4.74 Å². The molecule has 1 aromatic heterocycles. The summed E-state index contributed by atoms with van der Waals surface area (Å²) in [4.78, 5) is 6.58. The second kappa shape index (κ2) is 7.81. The molecule has 2 rings (SSSR count). The molecule has 1 aromatic carbocycles. The van der Waals surface area contributed by atoms with Gasteiger partial charge in [0.25, 0.3) is 0 Å². The highest BCUT2D eigenvalue weighted by molar-refractivity contribution is 5.28. The molecule has 0 bridgehead atoms. The molecule has 0 spiro atoms. The molecule has 21 heavy (non-hydrogen) atoms. The van der Waals surface area contributed by atoms with E-state index in [9.17, 15) is 0 Å². The molecule has 0 radical (unpaired) electrons. The number of aryl methyl sites for hydroxylation is 1. The quantitative estimate of drug-likeness (QED) is 0.752. The van der Waals surface area contributed by atoms with Crippen molar-refractivity contribution >= 4 is 0 Å². The third kappa shape index (κ3) is 4.88. The average molecular weight is 288 g/mol. The number of nitrogens with zero attached hydrogens (tertiary/aromatic N) is 3. The van der Waals surface area contributed by atoms with Gasteiger partial charge in [-0.3, -0.25) is 4.90 Å². The summed E-state index contributed by atoms with van der Waals surface area (Å²) in [6.45, 7) is 3.08. The number of hydrogen-bond acceptors (Lipinski definition) is 4. The SMILES string of the molecule is CN(CCCOc1cccc(CN)c1)Cc1nccn1C. The Morgan fingerprint density at radius 3 is 2.95 bits per heavy atom. The number of imidazole rings is 1. The molecule has 0 aliphatic carbocycles. The highest BCUT2D eigenvalue weighted by Gasteiger charge is 2.04. The molecule has 0 unspecified atom stereocenters. The second-order valence-electron chi connectivity index (χ2n) is 5.25. The van der Waals surface area contributed by atoms with Crippen molar-refractivity contribution in [2.75, 3.05) is 20.2 Å². The maximum absolute atomic E-state index is 5.75. The number of aromatic nitrogens is 2. The van der Waals surface area contributed by atoms with E-state index in [-0.39, 0.29) is 0 Å². The van der Waals surface area contributed by atoms with Crippen molar-refractivity contribution in [2.24, 2.45) is 12.8 Å². The van der Waals surface area contributed by atoms with E-state index in [2.05, 4.69) is 16.9 Å². The van der Waals surface area contributed by atoms with E-state index in [0.717, 1.165) is 36.6 Å². The van der Waals surface area contributed by atoms with Crippen LogP contribution in [0.1, 0.15) is 17.8 Å². The largest absolute Gasteiger partial charge is 0.494 e. The minimum absolute atomic E-state index is 0.545. The molecule has 2 aromatic rings. The molecule has 114 valence electrons. The van der Waals surface area contributed by atoms with E-state index in [4.69, 9.17) is 10.5 Å². The van der Waals surface area contributed by atoms with Crippen molar-refractivity contribution in [3.63, 3.8) is 0 Å². The van der Waals surface area contributed by atoms with Crippen molar-refractivity contribution in [1.82, 2.24) is 14.5 Å². The number of ether oxygens (including phenoxy) is 1. The van der Waals surface area contributed by atoms with Gasteiger partial charge in [0, 0.05) is 32.5 Å². The summed E-state index contributed by atoms with van der Waals surface area (Å²) < 4.78 is 7.80. The maximum atomic E-state index is 5.75. The fourth-order valence-electron chi connectivity index (χ4n) is 2.16. The molecular formula is C16H24N4O. The highest BCUT2D eigenvalue weighted by Crippen LogP contribution is 2.13. The van der Waals surface area contributed by atoms with Gasteiger partial charge >= 0.3 is 0 Å². The van der Waals surface area contributed by atoms with E-state index >= 15 is 0 Å². The first-order valence-corrected chi connectivity index (χ1v) is 7.25. The lowest BCUT2D eigenvalue weighted by Gasteiger charge is -2.16. The molecular weight excluding hydrogens is 264 g/mol. The molecule has 1 heterocycles. The summed E-state index contributed by atoms with van der Waals surface area (Å²) in [5, 5.41) is 0. The minimum Gasteiger partial charge on any atom is -0.494 e. The van der Waals surface area contributed by atoms with E-state index in [0.29, 0.717) is 13.2 Å². The van der Waals surface area contributed by atoms with Crippen molar-refractivity contribution in [2.45, 2.75) is 19.5 Å². The van der Waals surface area contributed by atoms with Crippen LogP contribution in [0.3, 0.4) is 0 Å². The van der Waals surface area contributed by atoms with Gasteiger partial charge in [-0.15, -0.1) is 0 Å². The lowest BCUT2D eigenvalue weighted by Crippen LogP contribution is -2.22. The summed E-state index contributed by atoms with van der Waals surface area (Å²) in [5.74, 6) is 1.97. The zero-order chi connectivity index (χ0) is 15.1. The van der Waals surface area contributed by atoms with Crippen LogP contribution in [0.4, 0.5) is 0 Å². The summed E-state index contributed by atoms with van der Waals surface area (Å²) in [6, 6.07) is 7.95. The first-order valence-electron chi connectivity index (χ1n) is 7.25. The second-order valence-corrected chi connectivity index (χ2v) is 5.25. The zero-order valence-electron chi connectivity index (χ0n) is 12.8. The zero-order valence-corrected chi connectivity index (χ0v) is 12.8. The molecule has 5 heteroatoms. The lowest BCUT2D eigenvalue weighted by molar-refractivity contribution is 0.254. The summed E-state index contributed by atoms with van der Waals surface area (Å²) in [6.07, 6.45) is 4.78. The van der Waals surface area contributed by atoms with Crippen LogP contribution in [0.15, 0.2) is 36.7 Å². The van der Waals surface area contributed by atoms with Crippen molar-refractivity contribution in [1.29, 1.82) is 0 Å². The monoisotopic (exact) mass is 288 g/mol. The van der Waals surface area contributed by atoms with Gasteiger partial charge in [0.1, 0.15) is 11.6 Å². The van der Waals surface area contributed by atoms with Gasteiger partial charge in [-0.05, 0) is 31.2 Å². The van der Waals surface area contributed by atoms with Gasteiger partial charge < -0.3 is 15.0 Å². The molecule has 2 N–H and O–H groups in total. The van der Waals surface area contributed by atoms with Crippen LogP contribution in [0, 0.1) is 0 Å². The average Bonchev–Trinajstić information content (AvgIpc) is 2.89. The van der Waals surface area contributed by atoms with E-state index in [1.165, 1.54) is 0 Å². The molecule has 5 nitrogen and oxygen atoms in total. The van der Waals surface area contributed by atoms with Crippen LogP contribution in [0.2, 0.25) is 0 Å². The minimum atomic E-state index is 0.545. The van der Waals surface area contributed by atoms with Crippen LogP contribution in [-0.4, -0.2) is 34.7 Å². The topological polar surface area (TPSA) is 56.3 Å². The maximum Gasteiger partial charge on any atom is 0.122 e. The van der Waals surface area contributed by atoms with Gasteiger partial charge in [-0.25, -0.2) is 4.98 Å². The number of benzene rings is 1. The van der Waals surface area contributed by atoms with Crippen molar-refractivity contribution in [3.8, 4) is 5.75 Å². The van der Waals surface area contributed by atoms with Gasteiger partial charge in [0.15, 0.2) is 0 Å². The third-order valence-electron chi connectivity index (χ3n) is 3.42. The van der Waals surface area contributed by atoms with Crippen LogP contribution in [-0.2, 0) is 20.1 Å². The van der Waals surface area contributed by atoms with Gasteiger partial charge in [0.2, 0.25) is 0 Å². The summed E-state index contributed by atoms with van der Waals surface area (Å²) in [5.41, 5.74) is 6.72. The Morgan fingerprint density at radius 2 is 2.24 bits per heavy atom. The van der Waals surface area contributed by atoms with Crippen LogP contribution in [0.25, 0.3) is 0 Å². The fraction of sp³-hybridized carbons (Fsp3) is 0.438. The van der Waals surface area contributed by atoms with Gasteiger partial charge in [-0.1, -0.05) is 12.1 Å². The third-order valence-corrected chi connectivity index (χ3v) is 3.42. The summed E-state index contributed by atoms with van der Waals surface area (Å²) >= 11 is 0. The Morgan fingerprint density at radius 1 is 1.38 bits per heavy atom.